The Morgan fingerprint density at radius 2 is 1.85 bits per heavy atom. The van der Waals surface area contributed by atoms with Gasteiger partial charge in [-0.1, -0.05) is 18.2 Å². The molecule has 1 N–H and O–H groups in total. The van der Waals surface area contributed by atoms with Crippen LogP contribution in [0.3, 0.4) is 0 Å². The third-order valence-corrected chi connectivity index (χ3v) is 4.46. The molecule has 3 rings (SSSR count). The second-order valence-electron chi connectivity index (χ2n) is 5.83. The van der Waals surface area contributed by atoms with Gasteiger partial charge in [0.2, 0.25) is 0 Å². The average molecular weight is 273 g/mol. The largest absolute Gasteiger partial charge is 0.459 e. The van der Waals surface area contributed by atoms with Crippen LogP contribution in [0.1, 0.15) is 36.0 Å². The predicted octanol–water partition coefficient (Wildman–Crippen LogP) is 1.95. The summed E-state index contributed by atoms with van der Waals surface area (Å²) >= 11 is 0. The van der Waals surface area contributed by atoms with Crippen LogP contribution < -0.4 is 0 Å². The fourth-order valence-corrected chi connectivity index (χ4v) is 3.66. The van der Waals surface area contributed by atoms with Crippen molar-refractivity contribution in [3.63, 3.8) is 0 Å². The minimum atomic E-state index is -0.404. The monoisotopic (exact) mass is 273 g/mol. The fraction of sp³-hybridized carbons (Fsp3) is 0.533. The maximum Gasteiger partial charge on any atom is 0.376 e. The Morgan fingerprint density at radius 1 is 1.25 bits per heavy atom. The number of carbonyl (C=O) groups is 1. The average Bonchev–Trinajstić information content (AvgIpc) is 2.72. The molecule has 0 radical (unpaired) electrons. The molecule has 1 aromatic rings. The Kier molecular flexibility index (Phi) is 3.81. The summed E-state index contributed by atoms with van der Waals surface area (Å²) < 4.78 is 5.64. The third-order valence-electron chi connectivity index (χ3n) is 4.46. The van der Waals surface area contributed by atoms with E-state index in [9.17, 15) is 9.82 Å². The SMILES string of the molecule is CB(O)N1C2CC[C@@H]1C[C@H](OC(=O)c1ccccc1)C2. The minimum Gasteiger partial charge on any atom is -0.459 e. The van der Waals surface area contributed by atoms with Gasteiger partial charge in [0.25, 0.3) is 0 Å². The van der Waals surface area contributed by atoms with Crippen molar-refractivity contribution in [1.82, 2.24) is 4.81 Å². The van der Waals surface area contributed by atoms with E-state index in [2.05, 4.69) is 4.81 Å². The van der Waals surface area contributed by atoms with Gasteiger partial charge in [-0.05, 0) is 44.6 Å². The Hall–Kier alpha value is -1.33. The first-order valence-electron chi connectivity index (χ1n) is 7.36. The molecule has 0 aliphatic carbocycles. The van der Waals surface area contributed by atoms with Crippen molar-refractivity contribution in [3.05, 3.63) is 35.9 Å². The number of rotatable bonds is 3. The van der Waals surface area contributed by atoms with Crippen LogP contribution >= 0.6 is 0 Å². The zero-order chi connectivity index (χ0) is 14.1. The summed E-state index contributed by atoms with van der Waals surface area (Å²) in [5.74, 6) is -0.236. The standard InChI is InChI=1S/C15H20BNO3/c1-16(19)17-12-7-8-13(17)10-14(9-12)20-15(18)11-5-3-2-4-6-11/h2-6,12-14,19H,7-10H2,1H3/t12-,13?,14+/m1/s1. The highest BCUT2D eigenvalue weighted by Gasteiger charge is 2.44. The lowest BCUT2D eigenvalue weighted by Crippen LogP contribution is -2.52. The first-order valence-corrected chi connectivity index (χ1v) is 7.36. The fourth-order valence-electron chi connectivity index (χ4n) is 3.66. The van der Waals surface area contributed by atoms with Crippen molar-refractivity contribution in [1.29, 1.82) is 0 Å². The van der Waals surface area contributed by atoms with Gasteiger partial charge < -0.3 is 14.6 Å². The Morgan fingerprint density at radius 3 is 2.40 bits per heavy atom. The van der Waals surface area contributed by atoms with Crippen LogP contribution in [0.15, 0.2) is 30.3 Å². The van der Waals surface area contributed by atoms with Crippen molar-refractivity contribution in [3.8, 4) is 0 Å². The summed E-state index contributed by atoms with van der Waals surface area (Å²) in [6.45, 7) is 1.82. The third kappa shape index (κ3) is 2.60. The second kappa shape index (κ2) is 5.58. The first-order chi connectivity index (χ1) is 9.65. The van der Waals surface area contributed by atoms with Gasteiger partial charge in [-0.3, -0.25) is 0 Å². The van der Waals surface area contributed by atoms with Crippen LogP contribution in [0.5, 0.6) is 0 Å². The van der Waals surface area contributed by atoms with E-state index in [1.54, 1.807) is 12.1 Å². The van der Waals surface area contributed by atoms with Crippen LogP contribution in [-0.2, 0) is 4.74 Å². The molecular formula is C15H20BNO3. The summed E-state index contributed by atoms with van der Waals surface area (Å²) in [5.41, 5.74) is 0.609. The normalized spacial score (nSPS) is 29.2. The topological polar surface area (TPSA) is 49.8 Å². The molecule has 0 amide bonds. The summed E-state index contributed by atoms with van der Waals surface area (Å²) in [4.78, 5) is 14.3. The number of fused-ring (bicyclic) bond motifs is 2. The van der Waals surface area contributed by atoms with Gasteiger partial charge in [-0.25, -0.2) is 4.79 Å². The molecule has 5 heteroatoms. The molecule has 0 aromatic heterocycles. The first kappa shape index (κ1) is 13.6. The van der Waals surface area contributed by atoms with Crippen molar-refractivity contribution in [2.75, 3.05) is 0 Å². The Bertz CT molecular complexity index is 465. The molecule has 4 nitrogen and oxygen atoms in total. The summed E-state index contributed by atoms with van der Waals surface area (Å²) in [6.07, 6.45) is 3.83. The Balaban J connectivity index is 1.63. The molecule has 2 fully saturated rings. The molecule has 20 heavy (non-hydrogen) atoms. The van der Waals surface area contributed by atoms with Gasteiger partial charge in [-0.15, -0.1) is 0 Å². The summed E-state index contributed by atoms with van der Waals surface area (Å²) in [5, 5.41) is 9.82. The van der Waals surface area contributed by atoms with E-state index in [1.807, 2.05) is 25.0 Å². The highest BCUT2D eigenvalue weighted by molar-refractivity contribution is 6.45. The van der Waals surface area contributed by atoms with Crippen LogP contribution in [-0.4, -0.2) is 41.0 Å². The number of ether oxygens (including phenoxy) is 1. The highest BCUT2D eigenvalue weighted by atomic mass is 16.5. The van der Waals surface area contributed by atoms with Crippen LogP contribution in [0.2, 0.25) is 6.82 Å². The lowest BCUT2D eigenvalue weighted by atomic mass is 9.79. The summed E-state index contributed by atoms with van der Waals surface area (Å²) in [6, 6.07) is 9.83. The van der Waals surface area contributed by atoms with E-state index in [1.165, 1.54) is 0 Å². The van der Waals surface area contributed by atoms with E-state index >= 15 is 0 Å². The smallest absolute Gasteiger partial charge is 0.376 e. The molecule has 0 spiro atoms. The number of esters is 1. The lowest BCUT2D eigenvalue weighted by Gasteiger charge is -2.39. The quantitative estimate of drug-likeness (QED) is 0.675. The lowest BCUT2D eigenvalue weighted by molar-refractivity contribution is 0.00607. The van der Waals surface area contributed by atoms with Crippen LogP contribution in [0, 0.1) is 0 Å². The number of benzene rings is 1. The molecule has 2 heterocycles. The van der Waals surface area contributed by atoms with Gasteiger partial charge in [0.15, 0.2) is 0 Å². The highest BCUT2D eigenvalue weighted by Crippen LogP contribution is 2.37. The number of carbonyl (C=O) groups excluding carboxylic acids is 1. The number of hydrogen-bond acceptors (Lipinski definition) is 4. The van der Waals surface area contributed by atoms with Crippen molar-refractivity contribution in [2.45, 2.75) is 50.7 Å². The molecule has 2 aliphatic heterocycles. The van der Waals surface area contributed by atoms with Crippen LogP contribution in [0.4, 0.5) is 0 Å². The maximum atomic E-state index is 12.1. The Labute approximate surface area is 119 Å². The molecule has 2 saturated heterocycles. The molecule has 2 bridgehead atoms. The van der Waals surface area contributed by atoms with E-state index in [4.69, 9.17) is 4.74 Å². The molecule has 1 aromatic carbocycles. The van der Waals surface area contributed by atoms with Gasteiger partial charge >= 0.3 is 13.0 Å². The van der Waals surface area contributed by atoms with Gasteiger partial charge in [0.1, 0.15) is 6.10 Å². The molecule has 0 saturated carbocycles. The van der Waals surface area contributed by atoms with Gasteiger partial charge in [-0.2, -0.15) is 0 Å². The predicted molar refractivity (Wildman–Crippen MR) is 77.4 cm³/mol. The zero-order valence-corrected chi connectivity index (χ0v) is 11.7. The number of hydrogen-bond donors (Lipinski definition) is 1. The maximum absolute atomic E-state index is 12.1. The van der Waals surface area contributed by atoms with Gasteiger partial charge in [0, 0.05) is 12.1 Å². The van der Waals surface area contributed by atoms with Crippen molar-refractivity contribution >= 4 is 13.0 Å². The van der Waals surface area contributed by atoms with E-state index in [-0.39, 0.29) is 12.1 Å². The molecule has 1 unspecified atom stereocenters. The van der Waals surface area contributed by atoms with E-state index in [0.717, 1.165) is 25.7 Å². The molecular weight excluding hydrogens is 253 g/mol. The summed E-state index contributed by atoms with van der Waals surface area (Å²) in [7, 11) is -0.404. The number of piperidine rings is 1. The van der Waals surface area contributed by atoms with Crippen LogP contribution in [0.25, 0.3) is 0 Å². The zero-order valence-electron chi connectivity index (χ0n) is 11.7. The molecule has 3 atom stereocenters. The van der Waals surface area contributed by atoms with E-state index in [0.29, 0.717) is 17.6 Å². The second-order valence-corrected chi connectivity index (χ2v) is 5.83. The molecule has 106 valence electrons. The number of nitrogens with zero attached hydrogens (tertiary/aromatic N) is 1. The minimum absolute atomic E-state index is 0.0183. The van der Waals surface area contributed by atoms with E-state index < -0.39 is 7.05 Å². The van der Waals surface area contributed by atoms with Crippen molar-refractivity contribution in [2.24, 2.45) is 0 Å². The van der Waals surface area contributed by atoms with Gasteiger partial charge in [0.05, 0.1) is 5.56 Å². The molecule has 2 aliphatic rings. The van der Waals surface area contributed by atoms with Crippen molar-refractivity contribution < 1.29 is 14.6 Å².